The van der Waals surface area contributed by atoms with Gasteiger partial charge in [-0.2, -0.15) is 0 Å². The van der Waals surface area contributed by atoms with E-state index in [-0.39, 0.29) is 11.7 Å². The first-order valence-electron chi connectivity index (χ1n) is 5.81. The minimum absolute atomic E-state index is 0.0680. The number of hydrogen-bond acceptors (Lipinski definition) is 3. The van der Waals surface area contributed by atoms with Crippen LogP contribution in [-0.4, -0.2) is 38.4 Å². The van der Waals surface area contributed by atoms with Crippen molar-refractivity contribution in [2.24, 2.45) is 5.92 Å². The fourth-order valence-electron chi connectivity index (χ4n) is 1.82. The summed E-state index contributed by atoms with van der Waals surface area (Å²) in [7, 11) is 5.63. The Morgan fingerprint density at radius 2 is 1.88 bits per heavy atom. The summed E-state index contributed by atoms with van der Waals surface area (Å²) < 4.78 is 5.11. The summed E-state index contributed by atoms with van der Waals surface area (Å²) in [6.45, 7) is 2.46. The number of ether oxygens (including phenoxy) is 1. The molecule has 0 fully saturated rings. The summed E-state index contributed by atoms with van der Waals surface area (Å²) >= 11 is 0. The molecule has 1 rings (SSSR count). The molecule has 3 nitrogen and oxygen atoms in total. The first-order valence-corrected chi connectivity index (χ1v) is 5.81. The second-order valence-corrected chi connectivity index (χ2v) is 4.62. The first kappa shape index (κ1) is 13.7. The van der Waals surface area contributed by atoms with Gasteiger partial charge in [-0.05, 0) is 45.1 Å². The van der Waals surface area contributed by atoms with Crippen molar-refractivity contribution in [3.05, 3.63) is 29.8 Å². The van der Waals surface area contributed by atoms with Crippen LogP contribution in [0.15, 0.2) is 24.3 Å². The Morgan fingerprint density at radius 1 is 1.29 bits per heavy atom. The predicted octanol–water partition coefficient (Wildman–Crippen LogP) is 2.00. The Balaban J connectivity index is 2.68. The standard InChI is InChI=1S/C14H21NO2/c1-11(16)13(10-15(2)3)9-12-5-7-14(17-4)8-6-12/h5-8,13H,9-10H2,1-4H3. The fraction of sp³-hybridized carbons (Fsp3) is 0.500. The maximum absolute atomic E-state index is 11.6. The van der Waals surface area contributed by atoms with Gasteiger partial charge >= 0.3 is 0 Å². The lowest BCUT2D eigenvalue weighted by Crippen LogP contribution is -2.28. The molecule has 0 bridgehead atoms. The number of hydrogen-bond donors (Lipinski definition) is 0. The van der Waals surface area contributed by atoms with E-state index in [1.165, 1.54) is 5.56 Å². The summed E-state index contributed by atoms with van der Waals surface area (Å²) in [6, 6.07) is 7.90. The van der Waals surface area contributed by atoms with Crippen LogP contribution < -0.4 is 4.74 Å². The summed E-state index contributed by atoms with van der Waals surface area (Å²) in [6.07, 6.45) is 0.789. The largest absolute Gasteiger partial charge is 0.497 e. The van der Waals surface area contributed by atoms with Gasteiger partial charge in [0.25, 0.3) is 0 Å². The number of carbonyl (C=O) groups is 1. The summed E-state index contributed by atoms with van der Waals surface area (Å²) in [5.41, 5.74) is 1.17. The van der Waals surface area contributed by atoms with E-state index in [4.69, 9.17) is 4.74 Å². The van der Waals surface area contributed by atoms with Crippen LogP contribution in [0, 0.1) is 5.92 Å². The van der Waals surface area contributed by atoms with Gasteiger partial charge in [-0.25, -0.2) is 0 Å². The monoisotopic (exact) mass is 235 g/mol. The highest BCUT2D eigenvalue weighted by Gasteiger charge is 2.15. The van der Waals surface area contributed by atoms with Gasteiger partial charge in [0.15, 0.2) is 0 Å². The summed E-state index contributed by atoms with van der Waals surface area (Å²) in [5, 5.41) is 0. The highest BCUT2D eigenvalue weighted by atomic mass is 16.5. The lowest BCUT2D eigenvalue weighted by Gasteiger charge is -2.18. The van der Waals surface area contributed by atoms with Crippen LogP contribution >= 0.6 is 0 Å². The minimum Gasteiger partial charge on any atom is -0.497 e. The third-order valence-electron chi connectivity index (χ3n) is 2.80. The van der Waals surface area contributed by atoms with Crippen molar-refractivity contribution >= 4 is 5.78 Å². The zero-order valence-electron chi connectivity index (χ0n) is 11.1. The second kappa shape index (κ2) is 6.40. The van der Waals surface area contributed by atoms with E-state index in [9.17, 15) is 4.79 Å². The average molecular weight is 235 g/mol. The molecule has 0 radical (unpaired) electrons. The van der Waals surface area contributed by atoms with Gasteiger partial charge in [0.2, 0.25) is 0 Å². The van der Waals surface area contributed by atoms with Gasteiger partial charge in [0.05, 0.1) is 7.11 Å². The van der Waals surface area contributed by atoms with Crippen LogP contribution in [0.4, 0.5) is 0 Å². The number of carbonyl (C=O) groups excluding carboxylic acids is 1. The highest BCUT2D eigenvalue weighted by Crippen LogP contribution is 2.15. The Morgan fingerprint density at radius 3 is 2.29 bits per heavy atom. The lowest BCUT2D eigenvalue weighted by molar-refractivity contribution is -0.121. The Kier molecular flexibility index (Phi) is 5.16. The van der Waals surface area contributed by atoms with Crippen molar-refractivity contribution in [1.29, 1.82) is 0 Å². The van der Waals surface area contributed by atoms with E-state index in [1.807, 2.05) is 38.4 Å². The minimum atomic E-state index is 0.0680. The zero-order valence-corrected chi connectivity index (χ0v) is 11.1. The first-order chi connectivity index (χ1) is 8.02. The van der Waals surface area contributed by atoms with Gasteiger partial charge in [0.1, 0.15) is 11.5 Å². The number of rotatable bonds is 6. The van der Waals surface area contributed by atoms with Crippen molar-refractivity contribution < 1.29 is 9.53 Å². The molecule has 0 heterocycles. The van der Waals surface area contributed by atoms with E-state index in [0.717, 1.165) is 18.7 Å². The molecule has 1 unspecified atom stereocenters. The van der Waals surface area contributed by atoms with Crippen molar-refractivity contribution in [2.45, 2.75) is 13.3 Å². The molecule has 0 saturated carbocycles. The number of ketones is 1. The normalized spacial score (nSPS) is 12.5. The van der Waals surface area contributed by atoms with Gasteiger partial charge in [0, 0.05) is 12.5 Å². The van der Waals surface area contributed by atoms with Crippen molar-refractivity contribution in [1.82, 2.24) is 4.90 Å². The van der Waals surface area contributed by atoms with E-state index < -0.39 is 0 Å². The van der Waals surface area contributed by atoms with E-state index in [2.05, 4.69) is 4.90 Å². The fourth-order valence-corrected chi connectivity index (χ4v) is 1.82. The van der Waals surface area contributed by atoms with Crippen molar-refractivity contribution in [3.63, 3.8) is 0 Å². The molecule has 0 N–H and O–H groups in total. The lowest BCUT2D eigenvalue weighted by atomic mass is 9.95. The number of nitrogens with zero attached hydrogens (tertiary/aromatic N) is 1. The third-order valence-corrected chi connectivity index (χ3v) is 2.80. The quantitative estimate of drug-likeness (QED) is 0.755. The SMILES string of the molecule is COc1ccc(CC(CN(C)C)C(C)=O)cc1. The molecule has 0 aliphatic carbocycles. The van der Waals surface area contributed by atoms with Crippen LogP contribution in [0.5, 0.6) is 5.75 Å². The molecule has 0 aliphatic rings. The predicted molar refractivity (Wildman–Crippen MR) is 69.4 cm³/mol. The van der Waals surface area contributed by atoms with Gasteiger partial charge < -0.3 is 9.64 Å². The maximum Gasteiger partial charge on any atom is 0.134 e. The van der Waals surface area contributed by atoms with Crippen molar-refractivity contribution in [2.75, 3.05) is 27.7 Å². The van der Waals surface area contributed by atoms with Crippen LogP contribution in [0.25, 0.3) is 0 Å². The smallest absolute Gasteiger partial charge is 0.134 e. The van der Waals surface area contributed by atoms with Gasteiger partial charge in [-0.15, -0.1) is 0 Å². The highest BCUT2D eigenvalue weighted by molar-refractivity contribution is 5.78. The van der Waals surface area contributed by atoms with Gasteiger partial charge in [-0.3, -0.25) is 4.79 Å². The molecule has 0 amide bonds. The molecule has 1 aromatic rings. The molecule has 0 spiro atoms. The molecule has 1 aromatic carbocycles. The molecule has 0 saturated heterocycles. The maximum atomic E-state index is 11.6. The third kappa shape index (κ3) is 4.57. The topological polar surface area (TPSA) is 29.5 Å². The van der Waals surface area contributed by atoms with Crippen molar-refractivity contribution in [3.8, 4) is 5.75 Å². The molecular weight excluding hydrogens is 214 g/mol. The van der Waals surface area contributed by atoms with Crippen LogP contribution in [0.2, 0.25) is 0 Å². The van der Waals surface area contributed by atoms with E-state index in [0.29, 0.717) is 0 Å². The Hall–Kier alpha value is -1.35. The molecular formula is C14H21NO2. The molecule has 17 heavy (non-hydrogen) atoms. The van der Waals surface area contributed by atoms with Crippen LogP contribution in [0.3, 0.4) is 0 Å². The molecule has 0 aliphatic heterocycles. The summed E-state index contributed by atoms with van der Waals surface area (Å²) in [4.78, 5) is 13.6. The van der Waals surface area contributed by atoms with Crippen LogP contribution in [-0.2, 0) is 11.2 Å². The van der Waals surface area contributed by atoms with E-state index in [1.54, 1.807) is 14.0 Å². The molecule has 0 aromatic heterocycles. The van der Waals surface area contributed by atoms with E-state index >= 15 is 0 Å². The molecule has 1 atom stereocenters. The number of methoxy groups -OCH3 is 1. The number of Topliss-reactive ketones (excluding diaryl/α,β-unsaturated/α-hetero) is 1. The summed E-state index contributed by atoms with van der Waals surface area (Å²) in [5.74, 6) is 1.16. The van der Waals surface area contributed by atoms with Crippen LogP contribution in [0.1, 0.15) is 12.5 Å². The number of benzene rings is 1. The van der Waals surface area contributed by atoms with Gasteiger partial charge in [-0.1, -0.05) is 12.1 Å². The Labute approximate surface area is 103 Å². The molecule has 3 heteroatoms. The molecule has 94 valence electrons. The Bertz CT molecular complexity index is 357. The average Bonchev–Trinajstić information content (AvgIpc) is 2.28. The second-order valence-electron chi connectivity index (χ2n) is 4.62. The zero-order chi connectivity index (χ0) is 12.8.